The van der Waals surface area contributed by atoms with Gasteiger partial charge >= 0.3 is 0 Å². The summed E-state index contributed by atoms with van der Waals surface area (Å²) in [5, 5.41) is 5.21. The van der Waals surface area contributed by atoms with Crippen molar-refractivity contribution in [2.75, 3.05) is 0 Å². The highest BCUT2D eigenvalue weighted by Crippen LogP contribution is 2.41. The minimum Gasteiger partial charge on any atom is -0.309 e. The van der Waals surface area contributed by atoms with Crippen molar-refractivity contribution < 1.29 is 0 Å². The van der Waals surface area contributed by atoms with E-state index in [-0.39, 0.29) is 5.41 Å². The number of hydrogen-bond acceptors (Lipinski definition) is 0. The van der Waals surface area contributed by atoms with Gasteiger partial charge in [-0.25, -0.2) is 0 Å². The summed E-state index contributed by atoms with van der Waals surface area (Å²) >= 11 is 0. The maximum atomic E-state index is 2.46. The molecule has 0 unspecified atom stereocenters. The molecule has 2 nitrogen and oxygen atoms in total. The summed E-state index contributed by atoms with van der Waals surface area (Å²) in [4.78, 5) is 0. The predicted molar refractivity (Wildman–Crippen MR) is 192 cm³/mol. The third kappa shape index (κ3) is 4.47. The van der Waals surface area contributed by atoms with Crippen molar-refractivity contribution >= 4 is 43.6 Å². The Hall–Kier alpha value is -5.08. The Kier molecular flexibility index (Phi) is 6.42. The number of rotatable bonds is 6. The highest BCUT2D eigenvalue weighted by Gasteiger charge is 2.27. The molecule has 2 heteroatoms. The molecule has 220 valence electrons. The van der Waals surface area contributed by atoms with E-state index in [9.17, 15) is 0 Å². The average Bonchev–Trinajstić information content (AvgIpc) is 3.57. The van der Waals surface area contributed by atoms with Crippen molar-refractivity contribution in [1.82, 2.24) is 9.13 Å². The number of fused-ring (bicyclic) bond motifs is 6. The van der Waals surface area contributed by atoms with Crippen LogP contribution in [-0.4, -0.2) is 9.13 Å². The molecule has 2 aromatic heterocycles. The van der Waals surface area contributed by atoms with Crippen LogP contribution in [0.4, 0.5) is 0 Å². The van der Waals surface area contributed by atoms with Crippen molar-refractivity contribution in [3.05, 3.63) is 156 Å². The van der Waals surface area contributed by atoms with Gasteiger partial charge in [-0.15, -0.1) is 0 Å². The second kappa shape index (κ2) is 10.5. The molecule has 0 spiro atoms. The molecule has 8 aromatic rings. The Morgan fingerprint density at radius 2 is 1.09 bits per heavy atom. The summed E-state index contributed by atoms with van der Waals surface area (Å²) in [6, 6.07) is 51.4. The molecule has 8 rings (SSSR count). The fraction of sp³-hybridized carbons (Fsp3) is 0.163. The lowest BCUT2D eigenvalue weighted by molar-refractivity contribution is 0.526. The van der Waals surface area contributed by atoms with Gasteiger partial charge in [0.15, 0.2) is 0 Å². The number of aromatic nitrogens is 2. The Labute approximate surface area is 265 Å². The average molecular weight is 583 g/mol. The summed E-state index contributed by atoms with van der Waals surface area (Å²) in [6.07, 6.45) is 0.923. The minimum absolute atomic E-state index is 0.123. The van der Waals surface area contributed by atoms with Crippen LogP contribution in [0.1, 0.15) is 50.3 Å². The third-order valence-electron chi connectivity index (χ3n) is 9.62. The van der Waals surface area contributed by atoms with Crippen LogP contribution in [0.3, 0.4) is 0 Å². The van der Waals surface area contributed by atoms with Gasteiger partial charge < -0.3 is 9.13 Å². The number of nitrogens with zero attached hydrogens (tertiary/aromatic N) is 2. The summed E-state index contributed by atoms with van der Waals surface area (Å²) in [7, 11) is 0. The van der Waals surface area contributed by atoms with Gasteiger partial charge in [0.25, 0.3) is 0 Å². The zero-order valence-electron chi connectivity index (χ0n) is 26.5. The van der Waals surface area contributed by atoms with Crippen LogP contribution >= 0.6 is 0 Å². The van der Waals surface area contributed by atoms with Gasteiger partial charge in [0.1, 0.15) is 0 Å². The van der Waals surface area contributed by atoms with E-state index in [1.54, 1.807) is 0 Å². The molecule has 0 saturated heterocycles. The van der Waals surface area contributed by atoms with Crippen LogP contribution in [0.15, 0.2) is 140 Å². The summed E-state index contributed by atoms with van der Waals surface area (Å²) in [5.74, 6) is 0.474. The fourth-order valence-corrected chi connectivity index (χ4v) is 7.42. The SMILES string of the molecule is CC(C)c1ccc2c3ccc(CC(C)(C)c4cccc5c6ccccc6n(-c6ccccc6)c45)cc3n(-c3ccccc3)c2c1. The van der Waals surface area contributed by atoms with Crippen molar-refractivity contribution in [3.8, 4) is 11.4 Å². The van der Waals surface area contributed by atoms with Gasteiger partial charge in [0, 0.05) is 32.9 Å². The van der Waals surface area contributed by atoms with Gasteiger partial charge in [-0.05, 0) is 76.9 Å². The first-order valence-corrected chi connectivity index (χ1v) is 16.1. The minimum atomic E-state index is -0.123. The normalized spacial score (nSPS) is 12.3. The van der Waals surface area contributed by atoms with Crippen molar-refractivity contribution in [2.24, 2.45) is 0 Å². The van der Waals surface area contributed by atoms with Crippen molar-refractivity contribution in [2.45, 2.75) is 45.4 Å². The standard InChI is InChI=1S/C43H38N2/c1-29(2)31-23-25-36-35-24-22-30(26-40(35)44(41(36)27-31)32-14-7-5-8-15-32)28-43(3,4)38-20-13-19-37-34-18-11-12-21-39(34)45(42(37)38)33-16-9-6-10-17-33/h5-27,29H,28H2,1-4H3. The first-order chi connectivity index (χ1) is 21.9. The van der Waals surface area contributed by atoms with Crippen molar-refractivity contribution in [3.63, 3.8) is 0 Å². The first kappa shape index (κ1) is 27.5. The second-order valence-corrected chi connectivity index (χ2v) is 13.4. The molecule has 0 saturated carbocycles. The lowest BCUT2D eigenvalue weighted by Crippen LogP contribution is -2.21. The molecule has 0 radical (unpaired) electrons. The van der Waals surface area contributed by atoms with Crippen LogP contribution in [0, 0.1) is 0 Å². The van der Waals surface area contributed by atoms with E-state index in [0.717, 1.165) is 6.42 Å². The van der Waals surface area contributed by atoms with Crippen LogP contribution < -0.4 is 0 Å². The summed E-state index contributed by atoms with van der Waals surface area (Å²) in [5.41, 5.74) is 11.4. The Morgan fingerprint density at radius 1 is 0.511 bits per heavy atom. The first-order valence-electron chi connectivity index (χ1n) is 16.1. The lowest BCUT2D eigenvalue weighted by atomic mass is 9.78. The smallest absolute Gasteiger partial charge is 0.0578 e. The zero-order chi connectivity index (χ0) is 30.7. The van der Waals surface area contributed by atoms with Gasteiger partial charge in [-0.1, -0.05) is 125 Å². The number of para-hydroxylation sites is 4. The maximum absolute atomic E-state index is 2.46. The van der Waals surface area contributed by atoms with Gasteiger partial charge in [0.05, 0.1) is 22.1 Å². The van der Waals surface area contributed by atoms with E-state index in [4.69, 9.17) is 0 Å². The van der Waals surface area contributed by atoms with Crippen LogP contribution in [-0.2, 0) is 11.8 Å². The van der Waals surface area contributed by atoms with Gasteiger partial charge in [-0.3, -0.25) is 0 Å². The Bertz CT molecular complexity index is 2330. The molecule has 0 aliphatic rings. The van der Waals surface area contributed by atoms with E-state index in [2.05, 4.69) is 176 Å². The molecule has 0 aliphatic carbocycles. The van der Waals surface area contributed by atoms with Gasteiger partial charge in [0.2, 0.25) is 0 Å². The van der Waals surface area contributed by atoms with Gasteiger partial charge in [-0.2, -0.15) is 0 Å². The van der Waals surface area contributed by atoms with E-state index in [1.165, 1.54) is 71.7 Å². The predicted octanol–water partition coefficient (Wildman–Crippen LogP) is 11.5. The molecule has 45 heavy (non-hydrogen) atoms. The molecule has 0 atom stereocenters. The van der Waals surface area contributed by atoms with E-state index < -0.39 is 0 Å². The maximum Gasteiger partial charge on any atom is 0.0578 e. The Morgan fingerprint density at radius 3 is 1.80 bits per heavy atom. The fourth-order valence-electron chi connectivity index (χ4n) is 7.42. The molecule has 2 heterocycles. The largest absolute Gasteiger partial charge is 0.309 e. The molecule has 0 amide bonds. The van der Waals surface area contributed by atoms with Crippen LogP contribution in [0.25, 0.3) is 55.0 Å². The number of hydrogen-bond donors (Lipinski definition) is 0. The van der Waals surface area contributed by atoms with E-state index in [1.807, 2.05) is 0 Å². The molecule has 0 fully saturated rings. The number of benzene rings is 6. The molecular formula is C43H38N2. The monoisotopic (exact) mass is 582 g/mol. The molecule has 0 aliphatic heterocycles. The third-order valence-corrected chi connectivity index (χ3v) is 9.62. The highest BCUT2D eigenvalue weighted by atomic mass is 15.0. The van der Waals surface area contributed by atoms with Crippen LogP contribution in [0.5, 0.6) is 0 Å². The topological polar surface area (TPSA) is 9.86 Å². The summed E-state index contributed by atoms with van der Waals surface area (Å²) < 4.78 is 4.92. The lowest BCUT2D eigenvalue weighted by Gasteiger charge is -2.27. The molecular weight excluding hydrogens is 544 g/mol. The molecule has 0 N–H and O–H groups in total. The second-order valence-electron chi connectivity index (χ2n) is 13.4. The van der Waals surface area contributed by atoms with E-state index in [0.29, 0.717) is 5.92 Å². The van der Waals surface area contributed by atoms with Crippen LogP contribution in [0.2, 0.25) is 0 Å². The quantitative estimate of drug-likeness (QED) is 0.185. The molecule has 0 bridgehead atoms. The zero-order valence-corrected chi connectivity index (χ0v) is 26.5. The van der Waals surface area contributed by atoms with Crippen molar-refractivity contribution in [1.29, 1.82) is 0 Å². The Balaban J connectivity index is 1.31. The molecule has 6 aromatic carbocycles. The van der Waals surface area contributed by atoms with E-state index >= 15 is 0 Å². The summed E-state index contributed by atoms with van der Waals surface area (Å²) in [6.45, 7) is 9.35. The highest BCUT2D eigenvalue weighted by molar-refractivity contribution is 6.11.